The summed E-state index contributed by atoms with van der Waals surface area (Å²) in [4.78, 5) is 0. The van der Waals surface area contributed by atoms with Crippen LogP contribution in [0.5, 0.6) is 0 Å². The molecule has 0 bridgehead atoms. The molecule has 3 nitrogen and oxygen atoms in total. The van der Waals surface area contributed by atoms with Crippen LogP contribution in [0.25, 0.3) is 0 Å². The van der Waals surface area contributed by atoms with Crippen molar-refractivity contribution in [1.82, 2.24) is 0 Å². The first kappa shape index (κ1) is 15.1. The van der Waals surface area contributed by atoms with Crippen molar-refractivity contribution in [3.05, 3.63) is 0 Å². The highest BCUT2D eigenvalue weighted by Crippen LogP contribution is 2.11. The molecule has 2 N–H and O–H groups in total. The molecule has 0 aromatic rings. The molecule has 0 amide bonds. The van der Waals surface area contributed by atoms with Gasteiger partial charge in [0.15, 0.2) is 0 Å². The van der Waals surface area contributed by atoms with Crippen molar-refractivity contribution in [2.45, 2.75) is 50.8 Å². The number of hydrogen-bond acceptors (Lipinski definition) is 3. The van der Waals surface area contributed by atoms with Gasteiger partial charge in [0, 0.05) is 41.6 Å². The zero-order valence-corrected chi connectivity index (χ0v) is 11.0. The second kappa shape index (κ2) is 9.31. The molecular weight excluding hydrogens is 210 g/mol. The van der Waals surface area contributed by atoms with Gasteiger partial charge in [-0.1, -0.05) is 20.3 Å². The van der Waals surface area contributed by atoms with Gasteiger partial charge in [-0.2, -0.15) is 0 Å². The van der Waals surface area contributed by atoms with E-state index in [0.717, 1.165) is 25.7 Å². The molecule has 0 aliphatic carbocycles. The minimum absolute atomic E-state index is 0.0865. The van der Waals surface area contributed by atoms with E-state index in [4.69, 9.17) is 10.5 Å². The molecule has 0 aromatic heterocycles. The zero-order valence-electron chi connectivity index (χ0n) is 10.2. The Bertz CT molecular complexity index is 176. The normalized spacial score (nSPS) is 17.3. The van der Waals surface area contributed by atoms with Crippen LogP contribution in [-0.2, 0) is 15.5 Å². The zero-order chi connectivity index (χ0) is 11.7. The minimum Gasteiger partial charge on any atom is -0.385 e. The Hall–Kier alpha value is 0.0700. The number of nitrogens with two attached hydrogens (primary N) is 1. The Kier molecular flexibility index (Phi) is 9.35. The van der Waals surface area contributed by atoms with Crippen LogP contribution < -0.4 is 5.73 Å². The molecule has 0 heterocycles. The maximum absolute atomic E-state index is 11.9. The third-order valence-electron chi connectivity index (χ3n) is 2.53. The van der Waals surface area contributed by atoms with Crippen LogP contribution >= 0.6 is 0 Å². The van der Waals surface area contributed by atoms with Gasteiger partial charge < -0.3 is 10.5 Å². The molecule has 0 radical (unpaired) electrons. The van der Waals surface area contributed by atoms with Crippen molar-refractivity contribution in [2.75, 3.05) is 19.5 Å². The van der Waals surface area contributed by atoms with Crippen LogP contribution in [0.15, 0.2) is 0 Å². The van der Waals surface area contributed by atoms with Crippen molar-refractivity contribution >= 4 is 10.8 Å². The van der Waals surface area contributed by atoms with E-state index in [1.54, 1.807) is 7.11 Å². The Morgan fingerprint density at radius 3 is 2.53 bits per heavy atom. The monoisotopic (exact) mass is 235 g/mol. The van der Waals surface area contributed by atoms with Gasteiger partial charge in [0.25, 0.3) is 0 Å². The van der Waals surface area contributed by atoms with Crippen LogP contribution in [-0.4, -0.2) is 35.0 Å². The summed E-state index contributed by atoms with van der Waals surface area (Å²) < 4.78 is 16.9. The van der Waals surface area contributed by atoms with Gasteiger partial charge in [0.2, 0.25) is 0 Å². The molecule has 0 saturated carbocycles. The topological polar surface area (TPSA) is 52.3 Å². The Labute approximate surface area is 96.2 Å². The molecule has 0 aromatic carbocycles. The summed E-state index contributed by atoms with van der Waals surface area (Å²) in [5.41, 5.74) is 6.02. The third kappa shape index (κ3) is 6.28. The minimum atomic E-state index is -0.796. The maximum Gasteiger partial charge on any atom is 0.0496 e. The predicted octanol–water partition coefficient (Wildman–Crippen LogP) is 1.68. The second-order valence-electron chi connectivity index (χ2n) is 3.83. The molecule has 3 unspecified atom stereocenters. The summed E-state index contributed by atoms with van der Waals surface area (Å²) in [6.45, 7) is 4.86. The summed E-state index contributed by atoms with van der Waals surface area (Å²) in [6.07, 6.45) is 3.79. The summed E-state index contributed by atoms with van der Waals surface area (Å²) in [6, 6.07) is 0.0865. The van der Waals surface area contributed by atoms with E-state index in [0.29, 0.717) is 12.4 Å². The molecule has 0 rings (SSSR count). The Morgan fingerprint density at radius 2 is 2.07 bits per heavy atom. The lowest BCUT2D eigenvalue weighted by atomic mass is 10.1. The van der Waals surface area contributed by atoms with Gasteiger partial charge in [-0.25, -0.2) is 0 Å². The summed E-state index contributed by atoms with van der Waals surface area (Å²) in [5, 5.41) is 0.154. The van der Waals surface area contributed by atoms with Crippen LogP contribution in [0.1, 0.15) is 39.5 Å². The van der Waals surface area contributed by atoms with Crippen molar-refractivity contribution in [3.63, 3.8) is 0 Å². The lowest BCUT2D eigenvalue weighted by Crippen LogP contribution is -2.38. The molecule has 15 heavy (non-hydrogen) atoms. The molecule has 0 aliphatic rings. The average Bonchev–Trinajstić information content (AvgIpc) is 2.19. The molecular formula is C11H25NO2S. The van der Waals surface area contributed by atoms with E-state index in [1.807, 2.05) is 0 Å². The molecule has 0 spiro atoms. The summed E-state index contributed by atoms with van der Waals surface area (Å²) in [7, 11) is 0.874. The van der Waals surface area contributed by atoms with E-state index >= 15 is 0 Å². The first-order valence-electron chi connectivity index (χ1n) is 5.79. The van der Waals surface area contributed by atoms with Gasteiger partial charge in [-0.05, 0) is 19.3 Å². The van der Waals surface area contributed by atoms with E-state index < -0.39 is 10.8 Å². The fourth-order valence-corrected chi connectivity index (χ4v) is 3.30. The summed E-state index contributed by atoms with van der Waals surface area (Å²) in [5.74, 6) is 0.712. The summed E-state index contributed by atoms with van der Waals surface area (Å²) >= 11 is 0. The van der Waals surface area contributed by atoms with E-state index in [9.17, 15) is 4.21 Å². The average molecular weight is 235 g/mol. The highest BCUT2D eigenvalue weighted by molar-refractivity contribution is 7.85. The van der Waals surface area contributed by atoms with Crippen LogP contribution in [0.4, 0.5) is 0 Å². The Morgan fingerprint density at radius 1 is 1.40 bits per heavy atom. The number of rotatable bonds is 9. The van der Waals surface area contributed by atoms with Gasteiger partial charge in [-0.3, -0.25) is 4.21 Å². The van der Waals surface area contributed by atoms with Crippen molar-refractivity contribution in [2.24, 2.45) is 5.73 Å². The van der Waals surface area contributed by atoms with Crippen molar-refractivity contribution in [3.8, 4) is 0 Å². The fourth-order valence-electron chi connectivity index (χ4n) is 1.70. The highest BCUT2D eigenvalue weighted by atomic mass is 32.2. The number of hydrogen-bond donors (Lipinski definition) is 1. The first-order valence-corrected chi connectivity index (χ1v) is 7.17. The first-order chi connectivity index (χ1) is 7.17. The molecule has 0 fully saturated rings. The van der Waals surface area contributed by atoms with Crippen LogP contribution in [0.2, 0.25) is 0 Å². The lowest BCUT2D eigenvalue weighted by molar-refractivity contribution is 0.200. The Balaban J connectivity index is 3.97. The van der Waals surface area contributed by atoms with Crippen LogP contribution in [0.3, 0.4) is 0 Å². The number of ether oxygens (including phenoxy) is 1. The lowest BCUT2D eigenvalue weighted by Gasteiger charge is -2.21. The van der Waals surface area contributed by atoms with E-state index in [-0.39, 0.29) is 11.3 Å². The smallest absolute Gasteiger partial charge is 0.0496 e. The third-order valence-corrected chi connectivity index (χ3v) is 4.58. The predicted molar refractivity (Wildman–Crippen MR) is 66.5 cm³/mol. The van der Waals surface area contributed by atoms with Gasteiger partial charge in [0.05, 0.1) is 0 Å². The molecule has 4 heteroatoms. The molecule has 0 aliphatic heterocycles. The second-order valence-corrected chi connectivity index (χ2v) is 5.61. The number of methoxy groups -OCH3 is 1. The van der Waals surface area contributed by atoms with E-state index in [2.05, 4.69) is 13.8 Å². The standard InChI is InChI=1S/C11H25NO2S/c1-4-7-10(12)11(5-2)15(13)9-6-8-14-3/h10-11H,4-9,12H2,1-3H3. The van der Waals surface area contributed by atoms with E-state index in [1.165, 1.54) is 0 Å². The fraction of sp³-hybridized carbons (Fsp3) is 1.00. The van der Waals surface area contributed by atoms with Crippen LogP contribution in [0, 0.1) is 0 Å². The molecule has 92 valence electrons. The quantitative estimate of drug-likeness (QED) is 0.619. The largest absolute Gasteiger partial charge is 0.385 e. The molecule has 0 saturated heterocycles. The van der Waals surface area contributed by atoms with Gasteiger partial charge in [0.1, 0.15) is 0 Å². The SMILES string of the molecule is CCCC(N)C(CC)S(=O)CCCOC. The van der Waals surface area contributed by atoms with Crippen molar-refractivity contribution in [1.29, 1.82) is 0 Å². The highest BCUT2D eigenvalue weighted by Gasteiger charge is 2.21. The molecule has 3 atom stereocenters. The maximum atomic E-state index is 11.9. The van der Waals surface area contributed by atoms with Crippen molar-refractivity contribution < 1.29 is 8.95 Å². The van der Waals surface area contributed by atoms with Gasteiger partial charge in [-0.15, -0.1) is 0 Å². The van der Waals surface area contributed by atoms with Gasteiger partial charge >= 0.3 is 0 Å².